The third kappa shape index (κ3) is 7.65. The van der Waals surface area contributed by atoms with Crippen LogP contribution in [0.15, 0.2) is 0 Å². The topological polar surface area (TPSA) is 26.3 Å². The van der Waals surface area contributed by atoms with Crippen molar-refractivity contribution in [3.63, 3.8) is 0 Å². The highest BCUT2D eigenvalue weighted by Crippen LogP contribution is 2.19. The van der Waals surface area contributed by atoms with Crippen LogP contribution >= 0.6 is 11.8 Å². The molecule has 0 aliphatic carbocycles. The highest BCUT2D eigenvalue weighted by molar-refractivity contribution is 8.00. The van der Waals surface area contributed by atoms with Gasteiger partial charge in [0.25, 0.3) is 0 Å². The third-order valence-electron chi connectivity index (χ3n) is 1.76. The van der Waals surface area contributed by atoms with Gasteiger partial charge in [-0.1, -0.05) is 13.3 Å². The van der Waals surface area contributed by atoms with Crippen molar-refractivity contribution in [2.75, 3.05) is 12.4 Å². The highest BCUT2D eigenvalue weighted by Gasteiger charge is 2.20. The predicted molar refractivity (Wildman–Crippen MR) is 63.0 cm³/mol. The molecular weight excluding hydrogens is 215 g/mol. The maximum absolute atomic E-state index is 11.9. The summed E-state index contributed by atoms with van der Waals surface area (Å²) < 4.78 is 17.1. The molecule has 15 heavy (non-hydrogen) atoms. The zero-order chi connectivity index (χ0) is 11.7. The summed E-state index contributed by atoms with van der Waals surface area (Å²) in [6, 6.07) is 0. The summed E-state index contributed by atoms with van der Waals surface area (Å²) in [6.07, 6.45) is 2.20. The molecule has 0 aromatic carbocycles. The van der Waals surface area contributed by atoms with Gasteiger partial charge in [-0.05, 0) is 32.4 Å². The monoisotopic (exact) mass is 236 g/mol. The van der Waals surface area contributed by atoms with Crippen LogP contribution in [0.4, 0.5) is 4.39 Å². The molecule has 0 rings (SSSR count). The fourth-order valence-electron chi connectivity index (χ4n) is 1.12. The average molecular weight is 236 g/mol. The van der Waals surface area contributed by atoms with Gasteiger partial charge in [-0.3, -0.25) is 9.18 Å². The Balaban J connectivity index is 3.94. The van der Waals surface area contributed by atoms with Crippen molar-refractivity contribution in [1.29, 1.82) is 0 Å². The first kappa shape index (κ1) is 14.8. The fraction of sp³-hybridized carbons (Fsp3) is 0.909. The molecule has 1 unspecified atom stereocenters. The molecule has 0 aliphatic heterocycles. The van der Waals surface area contributed by atoms with Crippen molar-refractivity contribution in [1.82, 2.24) is 0 Å². The largest absolute Gasteiger partial charge is 0.462 e. The van der Waals surface area contributed by atoms with E-state index in [1.807, 2.05) is 20.8 Å². The molecule has 0 N–H and O–H groups in total. The number of carbonyl (C=O) groups excluding carboxylic acids is 1. The van der Waals surface area contributed by atoms with Crippen molar-refractivity contribution in [3.05, 3.63) is 0 Å². The summed E-state index contributed by atoms with van der Waals surface area (Å²) in [4.78, 5) is 11.6. The Morgan fingerprint density at radius 3 is 2.60 bits per heavy atom. The molecular formula is C11H21FO2S. The molecule has 0 aromatic rings. The van der Waals surface area contributed by atoms with E-state index >= 15 is 0 Å². The maximum atomic E-state index is 11.9. The number of alkyl halides is 1. The van der Waals surface area contributed by atoms with Gasteiger partial charge in [0, 0.05) is 0 Å². The van der Waals surface area contributed by atoms with Crippen LogP contribution in [0.25, 0.3) is 0 Å². The lowest BCUT2D eigenvalue weighted by Crippen LogP contribution is -2.23. The molecule has 2 nitrogen and oxygen atoms in total. The molecule has 4 heteroatoms. The summed E-state index contributed by atoms with van der Waals surface area (Å²) in [5.41, 5.74) is 0. The SMILES string of the molecule is CCCC(SCCCF)C(=O)OC(C)C. The van der Waals surface area contributed by atoms with Gasteiger partial charge in [-0.15, -0.1) is 11.8 Å². The lowest BCUT2D eigenvalue weighted by molar-refractivity contribution is -0.146. The van der Waals surface area contributed by atoms with Gasteiger partial charge in [0.15, 0.2) is 0 Å². The van der Waals surface area contributed by atoms with Crippen LogP contribution < -0.4 is 0 Å². The van der Waals surface area contributed by atoms with E-state index in [1.54, 1.807) is 0 Å². The molecule has 0 heterocycles. The number of hydrogen-bond acceptors (Lipinski definition) is 3. The van der Waals surface area contributed by atoms with Crippen LogP contribution in [0, 0.1) is 0 Å². The minimum Gasteiger partial charge on any atom is -0.462 e. The smallest absolute Gasteiger partial charge is 0.319 e. The summed E-state index contributed by atoms with van der Waals surface area (Å²) in [7, 11) is 0. The van der Waals surface area contributed by atoms with Crippen LogP contribution in [0.3, 0.4) is 0 Å². The number of ether oxygens (including phenoxy) is 1. The van der Waals surface area contributed by atoms with Crippen LogP contribution in [0.2, 0.25) is 0 Å². The van der Waals surface area contributed by atoms with Crippen LogP contribution in [-0.2, 0) is 9.53 Å². The van der Waals surface area contributed by atoms with Crippen molar-refractivity contribution in [2.24, 2.45) is 0 Å². The molecule has 0 spiro atoms. The minimum atomic E-state index is -0.314. The first-order chi connectivity index (χ1) is 7.11. The van der Waals surface area contributed by atoms with Crippen LogP contribution in [0.5, 0.6) is 0 Å². The maximum Gasteiger partial charge on any atom is 0.319 e. The van der Waals surface area contributed by atoms with Gasteiger partial charge in [0.05, 0.1) is 12.8 Å². The molecule has 90 valence electrons. The zero-order valence-electron chi connectivity index (χ0n) is 9.79. The lowest BCUT2D eigenvalue weighted by atomic mass is 10.2. The molecule has 0 saturated heterocycles. The Hall–Kier alpha value is -0.250. The van der Waals surface area contributed by atoms with E-state index in [4.69, 9.17) is 4.74 Å². The number of carbonyl (C=O) groups is 1. The Bertz CT molecular complexity index is 174. The van der Waals surface area contributed by atoms with E-state index in [1.165, 1.54) is 11.8 Å². The summed E-state index contributed by atoms with van der Waals surface area (Å²) in [5, 5.41) is -0.121. The second-order valence-electron chi connectivity index (χ2n) is 3.68. The summed E-state index contributed by atoms with van der Waals surface area (Å²) in [5.74, 6) is 0.532. The van der Waals surface area contributed by atoms with E-state index in [-0.39, 0.29) is 24.0 Å². The van der Waals surface area contributed by atoms with Gasteiger partial charge < -0.3 is 4.74 Å². The van der Waals surface area contributed by atoms with Gasteiger partial charge in [-0.2, -0.15) is 0 Å². The second kappa shape index (κ2) is 9.01. The number of hydrogen-bond donors (Lipinski definition) is 0. The number of thioether (sulfide) groups is 1. The number of esters is 1. The van der Waals surface area contributed by atoms with Gasteiger partial charge >= 0.3 is 5.97 Å². The standard InChI is InChI=1S/C11H21FO2S/c1-4-6-10(15-8-5-7-12)11(13)14-9(2)3/h9-10H,4-8H2,1-3H3. The average Bonchev–Trinajstić information content (AvgIpc) is 2.15. The molecule has 0 amide bonds. The number of rotatable bonds is 8. The molecule has 0 aromatic heterocycles. The van der Waals surface area contributed by atoms with Crippen LogP contribution in [-0.4, -0.2) is 29.8 Å². The number of halogens is 1. The van der Waals surface area contributed by atoms with E-state index in [0.717, 1.165) is 12.8 Å². The molecule has 0 saturated carbocycles. The Morgan fingerprint density at radius 1 is 1.47 bits per heavy atom. The molecule has 1 atom stereocenters. The minimum absolute atomic E-state index is 0.0707. The zero-order valence-corrected chi connectivity index (χ0v) is 10.6. The van der Waals surface area contributed by atoms with Crippen molar-refractivity contribution >= 4 is 17.7 Å². The highest BCUT2D eigenvalue weighted by atomic mass is 32.2. The molecule has 0 aliphatic rings. The predicted octanol–water partition coefficient (Wildman–Crippen LogP) is 3.20. The first-order valence-corrected chi connectivity index (χ1v) is 6.54. The van der Waals surface area contributed by atoms with Gasteiger partial charge in [0.1, 0.15) is 5.25 Å². The van der Waals surface area contributed by atoms with E-state index in [2.05, 4.69) is 0 Å². The summed E-state index contributed by atoms with van der Waals surface area (Å²) >= 11 is 1.51. The van der Waals surface area contributed by atoms with Crippen molar-refractivity contribution in [2.45, 2.75) is 51.4 Å². The van der Waals surface area contributed by atoms with Crippen molar-refractivity contribution < 1.29 is 13.9 Å². The Morgan fingerprint density at radius 2 is 2.13 bits per heavy atom. The molecule has 0 fully saturated rings. The Labute approximate surface area is 96.0 Å². The van der Waals surface area contributed by atoms with E-state index in [0.29, 0.717) is 12.2 Å². The molecule has 0 bridgehead atoms. The lowest BCUT2D eigenvalue weighted by Gasteiger charge is -2.16. The van der Waals surface area contributed by atoms with E-state index in [9.17, 15) is 9.18 Å². The quantitative estimate of drug-likeness (QED) is 0.478. The normalized spacial score (nSPS) is 12.9. The Kier molecular flexibility index (Phi) is 8.86. The fourth-order valence-corrected chi connectivity index (χ4v) is 2.27. The molecule has 0 radical (unpaired) electrons. The van der Waals surface area contributed by atoms with Gasteiger partial charge in [0.2, 0.25) is 0 Å². The first-order valence-electron chi connectivity index (χ1n) is 5.49. The second-order valence-corrected chi connectivity index (χ2v) is 4.99. The summed E-state index contributed by atoms with van der Waals surface area (Å²) in [6.45, 7) is 5.40. The van der Waals surface area contributed by atoms with Crippen LogP contribution in [0.1, 0.15) is 40.0 Å². The third-order valence-corrected chi connectivity index (χ3v) is 3.12. The van der Waals surface area contributed by atoms with E-state index < -0.39 is 0 Å². The van der Waals surface area contributed by atoms with Crippen molar-refractivity contribution in [3.8, 4) is 0 Å². The van der Waals surface area contributed by atoms with Gasteiger partial charge in [-0.25, -0.2) is 0 Å².